The Kier molecular flexibility index (Phi) is 6.34. The lowest BCUT2D eigenvalue weighted by atomic mass is 9.90. The molecule has 1 fully saturated rings. The van der Waals surface area contributed by atoms with Gasteiger partial charge in [-0.15, -0.1) is 0 Å². The van der Waals surface area contributed by atoms with Crippen LogP contribution in [0.1, 0.15) is 40.0 Å². The van der Waals surface area contributed by atoms with Crippen LogP contribution >= 0.6 is 0 Å². The maximum Gasteiger partial charge on any atom is 0.326 e. The molecule has 0 aromatic carbocycles. The molecule has 126 valence electrons. The van der Waals surface area contributed by atoms with Crippen LogP contribution in [0.2, 0.25) is 0 Å². The van der Waals surface area contributed by atoms with Gasteiger partial charge in [-0.05, 0) is 25.7 Å². The quantitative estimate of drug-likeness (QED) is 0.639. The molecule has 0 aromatic rings. The Labute approximate surface area is 132 Å². The predicted molar refractivity (Wildman–Crippen MR) is 84.0 cm³/mol. The zero-order valence-corrected chi connectivity index (χ0v) is 14.0. The van der Waals surface area contributed by atoms with Crippen LogP contribution in [0.5, 0.6) is 0 Å². The molecule has 7 heteroatoms. The molecule has 1 rings (SSSR count). The zero-order chi connectivity index (χ0) is 16.9. The van der Waals surface area contributed by atoms with Gasteiger partial charge in [-0.1, -0.05) is 13.8 Å². The van der Waals surface area contributed by atoms with Gasteiger partial charge in [0.25, 0.3) is 0 Å². The number of carbonyl (C=O) groups is 3. The van der Waals surface area contributed by atoms with Crippen molar-refractivity contribution in [2.24, 2.45) is 11.7 Å². The molecule has 0 spiro atoms. The predicted octanol–water partition coefficient (Wildman–Crippen LogP) is 0.540. The standard InChI is InChI=1S/C15H28N4O3/c1-11(2)8-15(3,10-16)17-12(20)6-5-7-19-13(21)9-18(4)14(19)22/h11H,5-10,16H2,1-4H3,(H,17,20). The maximum absolute atomic E-state index is 12.0. The van der Waals surface area contributed by atoms with Crippen molar-refractivity contribution in [2.45, 2.75) is 45.6 Å². The summed E-state index contributed by atoms with van der Waals surface area (Å²) in [5, 5.41) is 2.97. The van der Waals surface area contributed by atoms with Gasteiger partial charge in [-0.3, -0.25) is 14.5 Å². The van der Waals surface area contributed by atoms with Crippen LogP contribution in [0.25, 0.3) is 0 Å². The Bertz CT molecular complexity index is 439. The second-order valence-electron chi connectivity index (χ2n) is 6.70. The van der Waals surface area contributed by atoms with Gasteiger partial charge >= 0.3 is 6.03 Å². The number of nitrogens with two attached hydrogens (primary N) is 1. The molecule has 4 amide bonds. The lowest BCUT2D eigenvalue weighted by molar-refractivity contribution is -0.126. The van der Waals surface area contributed by atoms with E-state index in [1.54, 1.807) is 7.05 Å². The van der Waals surface area contributed by atoms with E-state index < -0.39 is 5.54 Å². The van der Waals surface area contributed by atoms with Crippen molar-refractivity contribution in [3.05, 3.63) is 0 Å². The number of urea groups is 1. The van der Waals surface area contributed by atoms with Crippen molar-refractivity contribution in [2.75, 3.05) is 26.7 Å². The molecule has 0 saturated carbocycles. The number of nitrogens with zero attached hydrogens (tertiary/aromatic N) is 2. The van der Waals surface area contributed by atoms with Crippen LogP contribution in [0.15, 0.2) is 0 Å². The average molecular weight is 312 g/mol. The number of likely N-dealkylation sites (N-methyl/N-ethyl adjacent to an activating group) is 1. The summed E-state index contributed by atoms with van der Waals surface area (Å²) in [6.07, 6.45) is 1.54. The fourth-order valence-electron chi connectivity index (χ4n) is 2.77. The molecule has 0 aromatic heterocycles. The fourth-order valence-corrected chi connectivity index (χ4v) is 2.77. The molecular weight excluding hydrogens is 284 g/mol. The summed E-state index contributed by atoms with van der Waals surface area (Å²) in [6.45, 7) is 6.88. The van der Waals surface area contributed by atoms with Crippen molar-refractivity contribution in [1.29, 1.82) is 0 Å². The molecule has 1 heterocycles. The highest BCUT2D eigenvalue weighted by Crippen LogP contribution is 2.16. The number of nitrogens with one attached hydrogen (secondary N) is 1. The number of amides is 4. The molecule has 1 unspecified atom stereocenters. The number of imide groups is 1. The Balaban J connectivity index is 2.40. The van der Waals surface area contributed by atoms with E-state index in [2.05, 4.69) is 19.2 Å². The Hall–Kier alpha value is -1.63. The van der Waals surface area contributed by atoms with E-state index in [1.807, 2.05) is 6.92 Å². The van der Waals surface area contributed by atoms with Crippen molar-refractivity contribution >= 4 is 17.8 Å². The highest BCUT2D eigenvalue weighted by Gasteiger charge is 2.33. The number of carbonyl (C=O) groups excluding carboxylic acids is 3. The topological polar surface area (TPSA) is 95.7 Å². The minimum Gasteiger partial charge on any atom is -0.350 e. The molecule has 1 saturated heterocycles. The molecule has 1 aliphatic heterocycles. The van der Waals surface area contributed by atoms with Gasteiger partial charge < -0.3 is 16.0 Å². The van der Waals surface area contributed by atoms with Gasteiger partial charge in [-0.25, -0.2) is 4.79 Å². The largest absolute Gasteiger partial charge is 0.350 e. The van der Waals surface area contributed by atoms with E-state index in [4.69, 9.17) is 5.73 Å². The maximum atomic E-state index is 12.0. The van der Waals surface area contributed by atoms with E-state index in [-0.39, 0.29) is 37.4 Å². The normalized spacial score (nSPS) is 18.1. The van der Waals surface area contributed by atoms with E-state index in [9.17, 15) is 14.4 Å². The van der Waals surface area contributed by atoms with Crippen molar-refractivity contribution in [3.63, 3.8) is 0 Å². The number of hydrogen-bond donors (Lipinski definition) is 2. The van der Waals surface area contributed by atoms with Crippen molar-refractivity contribution in [1.82, 2.24) is 15.1 Å². The van der Waals surface area contributed by atoms with Crippen LogP contribution in [-0.4, -0.2) is 59.9 Å². The van der Waals surface area contributed by atoms with Gasteiger partial charge in [0.15, 0.2) is 0 Å². The van der Waals surface area contributed by atoms with Crippen LogP contribution < -0.4 is 11.1 Å². The first-order valence-corrected chi connectivity index (χ1v) is 7.75. The third-order valence-electron chi connectivity index (χ3n) is 3.77. The lowest BCUT2D eigenvalue weighted by Crippen LogP contribution is -2.52. The van der Waals surface area contributed by atoms with Crippen LogP contribution in [-0.2, 0) is 9.59 Å². The molecule has 0 aliphatic carbocycles. The third-order valence-corrected chi connectivity index (χ3v) is 3.77. The van der Waals surface area contributed by atoms with Crippen molar-refractivity contribution in [3.8, 4) is 0 Å². The van der Waals surface area contributed by atoms with E-state index in [0.717, 1.165) is 6.42 Å². The second kappa shape index (κ2) is 7.58. The van der Waals surface area contributed by atoms with Crippen LogP contribution in [0.3, 0.4) is 0 Å². The smallest absolute Gasteiger partial charge is 0.326 e. The van der Waals surface area contributed by atoms with Crippen LogP contribution in [0.4, 0.5) is 4.79 Å². The average Bonchev–Trinajstić information content (AvgIpc) is 2.64. The summed E-state index contributed by atoms with van der Waals surface area (Å²) < 4.78 is 0. The lowest BCUT2D eigenvalue weighted by Gasteiger charge is -2.31. The molecule has 0 bridgehead atoms. The molecule has 1 atom stereocenters. The number of hydrogen-bond acceptors (Lipinski definition) is 4. The molecule has 3 N–H and O–H groups in total. The first-order chi connectivity index (χ1) is 10.2. The molecule has 22 heavy (non-hydrogen) atoms. The second-order valence-corrected chi connectivity index (χ2v) is 6.70. The monoisotopic (exact) mass is 312 g/mol. The molecule has 1 aliphatic rings. The fraction of sp³-hybridized carbons (Fsp3) is 0.800. The summed E-state index contributed by atoms with van der Waals surface area (Å²) in [5.74, 6) is 0.129. The summed E-state index contributed by atoms with van der Waals surface area (Å²) in [4.78, 5) is 37.9. The highest BCUT2D eigenvalue weighted by molar-refractivity contribution is 6.01. The van der Waals surface area contributed by atoms with Gasteiger partial charge in [0.2, 0.25) is 11.8 Å². The van der Waals surface area contributed by atoms with Gasteiger partial charge in [0, 0.05) is 32.1 Å². The van der Waals surface area contributed by atoms with E-state index in [1.165, 1.54) is 9.80 Å². The van der Waals surface area contributed by atoms with Crippen LogP contribution in [0, 0.1) is 5.92 Å². The Morgan fingerprint density at radius 2 is 2.05 bits per heavy atom. The highest BCUT2D eigenvalue weighted by atomic mass is 16.2. The van der Waals surface area contributed by atoms with Gasteiger partial charge in [0.05, 0.1) is 0 Å². The molecular formula is C15H28N4O3. The van der Waals surface area contributed by atoms with Crippen molar-refractivity contribution < 1.29 is 14.4 Å². The van der Waals surface area contributed by atoms with Gasteiger partial charge in [-0.2, -0.15) is 0 Å². The third kappa shape index (κ3) is 4.98. The first-order valence-electron chi connectivity index (χ1n) is 7.75. The van der Waals surface area contributed by atoms with Gasteiger partial charge in [0.1, 0.15) is 6.54 Å². The minimum atomic E-state index is -0.412. The minimum absolute atomic E-state index is 0.0963. The summed E-state index contributed by atoms with van der Waals surface area (Å²) in [5.41, 5.74) is 5.35. The SMILES string of the molecule is CC(C)CC(C)(CN)NC(=O)CCCN1C(=O)CN(C)C1=O. The van der Waals surface area contributed by atoms with E-state index in [0.29, 0.717) is 18.9 Å². The zero-order valence-electron chi connectivity index (χ0n) is 14.0. The Morgan fingerprint density at radius 3 is 2.50 bits per heavy atom. The number of rotatable bonds is 8. The summed E-state index contributed by atoms with van der Waals surface area (Å²) in [6, 6.07) is -0.294. The first kappa shape index (κ1) is 18.4. The summed E-state index contributed by atoms with van der Waals surface area (Å²) in [7, 11) is 1.59. The molecule has 0 radical (unpaired) electrons. The molecule has 7 nitrogen and oxygen atoms in total. The summed E-state index contributed by atoms with van der Waals surface area (Å²) >= 11 is 0. The Morgan fingerprint density at radius 1 is 1.41 bits per heavy atom. The van der Waals surface area contributed by atoms with E-state index >= 15 is 0 Å².